The van der Waals surface area contributed by atoms with E-state index in [2.05, 4.69) is 53.1 Å². The summed E-state index contributed by atoms with van der Waals surface area (Å²) in [5.74, 6) is 0.129. The number of hydrogen-bond donors (Lipinski definition) is 2. The van der Waals surface area contributed by atoms with Gasteiger partial charge >= 0.3 is 6.09 Å². The van der Waals surface area contributed by atoms with Crippen molar-refractivity contribution in [2.45, 2.75) is 39.2 Å². The largest absolute Gasteiger partial charge is 0.465 e. The maximum absolute atomic E-state index is 13.2. The Morgan fingerprint density at radius 3 is 2.83 bits per heavy atom. The molecular weight excluding hydrogens is 382 g/mol. The average molecular weight is 409 g/mol. The summed E-state index contributed by atoms with van der Waals surface area (Å²) in [6, 6.07) is 8.76. The van der Waals surface area contributed by atoms with Gasteiger partial charge in [0, 0.05) is 55.4 Å². The second-order valence-corrected chi connectivity index (χ2v) is 7.96. The molecule has 2 amide bonds. The van der Waals surface area contributed by atoms with Crippen LogP contribution < -0.4 is 5.32 Å². The van der Waals surface area contributed by atoms with Crippen molar-refractivity contribution in [1.82, 2.24) is 19.2 Å². The number of benzene rings is 1. The minimum atomic E-state index is -1.23. The summed E-state index contributed by atoms with van der Waals surface area (Å²) in [7, 11) is 1.67. The Kier molecular flexibility index (Phi) is 5.24. The van der Waals surface area contributed by atoms with Crippen molar-refractivity contribution in [3.8, 4) is 0 Å². The molecule has 3 heterocycles. The third-order valence-corrected chi connectivity index (χ3v) is 5.82. The summed E-state index contributed by atoms with van der Waals surface area (Å²) in [4.78, 5) is 26.1. The van der Waals surface area contributed by atoms with Gasteiger partial charge in [0.1, 0.15) is 5.56 Å². The van der Waals surface area contributed by atoms with Crippen molar-refractivity contribution in [1.29, 1.82) is 0 Å². The summed E-state index contributed by atoms with van der Waals surface area (Å²) < 4.78 is 3.80. The monoisotopic (exact) mass is 409 g/mol. The summed E-state index contributed by atoms with van der Waals surface area (Å²) in [5, 5.41) is 16.6. The minimum absolute atomic E-state index is 0.0790. The number of likely N-dealkylation sites (tertiary alicyclic amines) is 1. The van der Waals surface area contributed by atoms with Crippen LogP contribution >= 0.6 is 0 Å². The third-order valence-electron chi connectivity index (χ3n) is 5.82. The van der Waals surface area contributed by atoms with Crippen LogP contribution in [-0.4, -0.2) is 49.4 Å². The molecule has 0 radical (unpaired) electrons. The molecular formula is C22H27N5O3. The Hall–Kier alpha value is -3.29. The molecule has 1 aliphatic rings. The Morgan fingerprint density at radius 2 is 2.10 bits per heavy atom. The highest BCUT2D eigenvalue weighted by molar-refractivity contribution is 6.01. The number of anilines is 1. The zero-order valence-corrected chi connectivity index (χ0v) is 17.6. The lowest BCUT2D eigenvalue weighted by Gasteiger charge is -2.33. The number of amides is 2. The lowest BCUT2D eigenvalue weighted by atomic mass is 9.94. The molecule has 1 fully saturated rings. The Morgan fingerprint density at radius 1 is 1.30 bits per heavy atom. The average Bonchev–Trinajstić information content (AvgIpc) is 3.26. The van der Waals surface area contributed by atoms with Crippen LogP contribution in [0.15, 0.2) is 30.5 Å². The van der Waals surface area contributed by atoms with Crippen molar-refractivity contribution >= 4 is 28.7 Å². The second-order valence-electron chi connectivity index (χ2n) is 7.96. The highest BCUT2D eigenvalue weighted by Crippen LogP contribution is 2.33. The molecule has 158 valence electrons. The van der Waals surface area contributed by atoms with Crippen LogP contribution in [0.3, 0.4) is 0 Å². The van der Waals surface area contributed by atoms with Crippen molar-refractivity contribution in [2.75, 3.05) is 18.4 Å². The predicted octanol–water partition coefficient (Wildman–Crippen LogP) is 3.81. The first-order chi connectivity index (χ1) is 14.4. The first-order valence-corrected chi connectivity index (χ1v) is 10.3. The fourth-order valence-electron chi connectivity index (χ4n) is 4.51. The van der Waals surface area contributed by atoms with E-state index in [1.54, 1.807) is 13.2 Å². The van der Waals surface area contributed by atoms with E-state index >= 15 is 0 Å². The van der Waals surface area contributed by atoms with Crippen LogP contribution in [0, 0.1) is 6.92 Å². The van der Waals surface area contributed by atoms with Crippen molar-refractivity contribution in [2.24, 2.45) is 7.05 Å². The highest BCUT2D eigenvalue weighted by atomic mass is 16.4. The Labute approximate surface area is 175 Å². The fourth-order valence-corrected chi connectivity index (χ4v) is 4.51. The quantitative estimate of drug-likeness (QED) is 0.685. The zero-order valence-electron chi connectivity index (χ0n) is 17.6. The van der Waals surface area contributed by atoms with E-state index in [4.69, 9.17) is 5.11 Å². The fraction of sp³-hybridized carbons (Fsp3) is 0.409. The van der Waals surface area contributed by atoms with E-state index in [1.165, 1.54) is 26.8 Å². The molecule has 1 unspecified atom stereocenters. The molecule has 0 bridgehead atoms. The van der Waals surface area contributed by atoms with Crippen LogP contribution in [0.4, 0.5) is 10.6 Å². The molecule has 4 rings (SSSR count). The Balaban J connectivity index is 1.62. The number of nitrogens with one attached hydrogen (secondary N) is 1. The van der Waals surface area contributed by atoms with E-state index in [-0.39, 0.29) is 23.2 Å². The topological polar surface area (TPSA) is 92.4 Å². The molecule has 2 N–H and O–H groups in total. The standard InChI is InChI=1S/C22H27N5O3/c1-4-27-18-8-7-14(2)10-16(18)11-19(27)15-6-5-9-26(12-15)21(28)17-13-25(3)24-20(17)23-22(29)30/h7-8,10-11,13,15H,4-6,9,12H2,1-3H3,(H,23,24)(H,29,30). The maximum Gasteiger partial charge on any atom is 0.410 e. The number of carboxylic acid groups (broad SMARTS) is 1. The van der Waals surface area contributed by atoms with Gasteiger partial charge in [0.2, 0.25) is 0 Å². The minimum Gasteiger partial charge on any atom is -0.465 e. The molecule has 1 aliphatic heterocycles. The molecule has 8 heteroatoms. The number of nitrogens with zero attached hydrogens (tertiary/aromatic N) is 4. The van der Waals surface area contributed by atoms with Crippen molar-refractivity contribution in [3.05, 3.63) is 47.3 Å². The van der Waals surface area contributed by atoms with Crippen molar-refractivity contribution in [3.63, 3.8) is 0 Å². The number of rotatable bonds is 4. The molecule has 1 atom stereocenters. The number of carbonyl (C=O) groups excluding carboxylic acids is 1. The molecule has 8 nitrogen and oxygen atoms in total. The van der Waals surface area contributed by atoms with Gasteiger partial charge in [-0.1, -0.05) is 11.6 Å². The second kappa shape index (κ2) is 7.85. The molecule has 30 heavy (non-hydrogen) atoms. The molecule has 3 aromatic rings. The summed E-state index contributed by atoms with van der Waals surface area (Å²) in [6.45, 7) is 6.38. The van der Waals surface area contributed by atoms with Crippen LogP contribution in [-0.2, 0) is 13.6 Å². The molecule has 1 saturated heterocycles. The summed E-state index contributed by atoms with van der Waals surface area (Å²) >= 11 is 0. The number of carbonyl (C=O) groups is 2. The van der Waals surface area contributed by atoms with Gasteiger partial charge in [-0.05, 0) is 44.9 Å². The van der Waals surface area contributed by atoms with E-state index < -0.39 is 6.09 Å². The maximum atomic E-state index is 13.2. The van der Waals surface area contributed by atoms with Crippen LogP contribution in [0.2, 0.25) is 0 Å². The predicted molar refractivity (Wildman–Crippen MR) is 115 cm³/mol. The van der Waals surface area contributed by atoms with E-state index in [9.17, 15) is 9.59 Å². The van der Waals surface area contributed by atoms with Crippen molar-refractivity contribution < 1.29 is 14.7 Å². The van der Waals surface area contributed by atoms with E-state index in [0.717, 1.165) is 19.4 Å². The lowest BCUT2D eigenvalue weighted by molar-refractivity contribution is 0.0706. The first-order valence-electron chi connectivity index (χ1n) is 10.3. The van der Waals surface area contributed by atoms with Gasteiger partial charge in [-0.15, -0.1) is 0 Å². The molecule has 0 spiro atoms. The van der Waals surface area contributed by atoms with Gasteiger partial charge in [0.05, 0.1) is 0 Å². The molecule has 2 aromatic heterocycles. The van der Waals surface area contributed by atoms with Gasteiger partial charge in [-0.25, -0.2) is 4.79 Å². The van der Waals surface area contributed by atoms with Crippen LogP contribution in [0.5, 0.6) is 0 Å². The molecule has 0 aliphatic carbocycles. The van der Waals surface area contributed by atoms with E-state index in [0.29, 0.717) is 13.1 Å². The van der Waals surface area contributed by atoms with E-state index in [1.807, 2.05) is 4.90 Å². The van der Waals surface area contributed by atoms with Gasteiger partial charge in [0.25, 0.3) is 5.91 Å². The molecule has 0 saturated carbocycles. The number of aromatic nitrogens is 3. The first kappa shape index (κ1) is 20.0. The van der Waals surface area contributed by atoms with Crippen LogP contribution in [0.1, 0.15) is 47.3 Å². The van der Waals surface area contributed by atoms with Gasteiger partial charge in [0.15, 0.2) is 5.82 Å². The van der Waals surface area contributed by atoms with Gasteiger partial charge in [-0.3, -0.25) is 14.8 Å². The SMILES string of the molecule is CCn1c(C2CCCN(C(=O)c3cn(C)nc3NC(=O)O)C2)cc2cc(C)ccc21. The third kappa shape index (κ3) is 3.65. The summed E-state index contributed by atoms with van der Waals surface area (Å²) in [5.41, 5.74) is 4.00. The van der Waals surface area contributed by atoms with Gasteiger partial charge in [-0.2, -0.15) is 5.10 Å². The lowest BCUT2D eigenvalue weighted by Crippen LogP contribution is -2.39. The number of aryl methyl sites for hydroxylation is 3. The number of piperidine rings is 1. The number of fused-ring (bicyclic) bond motifs is 1. The normalized spacial score (nSPS) is 16.8. The summed E-state index contributed by atoms with van der Waals surface area (Å²) in [6.07, 6.45) is 2.26. The smallest absolute Gasteiger partial charge is 0.410 e. The number of hydrogen-bond acceptors (Lipinski definition) is 3. The highest BCUT2D eigenvalue weighted by Gasteiger charge is 2.30. The van der Waals surface area contributed by atoms with Gasteiger partial charge < -0.3 is 14.6 Å². The Bertz CT molecular complexity index is 1110. The zero-order chi connectivity index (χ0) is 21.4. The molecule has 1 aromatic carbocycles. The van der Waals surface area contributed by atoms with Crippen LogP contribution in [0.25, 0.3) is 10.9 Å².